The summed E-state index contributed by atoms with van der Waals surface area (Å²) in [5.74, 6) is 0. The minimum Gasteiger partial charge on any atom is -0.370 e. The number of halogens is 3. The van der Waals surface area contributed by atoms with Gasteiger partial charge in [-0.3, -0.25) is 0 Å². The standard InChI is InChI=1S/C16H19F3N2/c1-3-15(4-2)7-8-21(11-15)14-6-5-13(16(17,18)19)9-12(14)10-20/h5-6,9H,3-4,7-8,11H2,1-2H3. The van der Waals surface area contributed by atoms with Gasteiger partial charge in [0, 0.05) is 13.1 Å². The summed E-state index contributed by atoms with van der Waals surface area (Å²) < 4.78 is 38.2. The molecule has 0 bridgehead atoms. The molecule has 1 aliphatic rings. The maximum absolute atomic E-state index is 12.7. The topological polar surface area (TPSA) is 27.0 Å². The van der Waals surface area contributed by atoms with Gasteiger partial charge in [-0.25, -0.2) is 0 Å². The molecule has 0 aliphatic carbocycles. The average Bonchev–Trinajstić information content (AvgIpc) is 2.90. The fourth-order valence-corrected chi connectivity index (χ4v) is 3.05. The van der Waals surface area contributed by atoms with Gasteiger partial charge in [-0.05, 0) is 42.9 Å². The van der Waals surface area contributed by atoms with Gasteiger partial charge in [-0.1, -0.05) is 13.8 Å². The van der Waals surface area contributed by atoms with Gasteiger partial charge in [-0.15, -0.1) is 0 Å². The molecule has 0 radical (unpaired) electrons. The first-order valence-electron chi connectivity index (χ1n) is 7.21. The van der Waals surface area contributed by atoms with Crippen molar-refractivity contribution in [1.82, 2.24) is 0 Å². The van der Waals surface area contributed by atoms with E-state index in [1.54, 1.807) is 0 Å². The number of anilines is 1. The van der Waals surface area contributed by atoms with E-state index in [0.717, 1.165) is 44.5 Å². The Hall–Kier alpha value is -1.70. The Labute approximate surface area is 123 Å². The van der Waals surface area contributed by atoms with Crippen LogP contribution in [-0.4, -0.2) is 13.1 Å². The third kappa shape index (κ3) is 2.99. The lowest BCUT2D eigenvalue weighted by molar-refractivity contribution is -0.137. The van der Waals surface area contributed by atoms with Gasteiger partial charge >= 0.3 is 6.18 Å². The zero-order valence-electron chi connectivity index (χ0n) is 12.3. The summed E-state index contributed by atoms with van der Waals surface area (Å²) >= 11 is 0. The van der Waals surface area contributed by atoms with Crippen LogP contribution in [-0.2, 0) is 6.18 Å². The van der Waals surface area contributed by atoms with Crippen molar-refractivity contribution in [3.05, 3.63) is 29.3 Å². The van der Waals surface area contributed by atoms with E-state index in [2.05, 4.69) is 13.8 Å². The van der Waals surface area contributed by atoms with Crippen molar-refractivity contribution in [1.29, 1.82) is 5.26 Å². The Morgan fingerprint density at radius 3 is 2.43 bits per heavy atom. The largest absolute Gasteiger partial charge is 0.416 e. The molecule has 114 valence electrons. The van der Waals surface area contributed by atoms with E-state index in [1.165, 1.54) is 6.07 Å². The summed E-state index contributed by atoms with van der Waals surface area (Å²) in [5.41, 5.74) is 0.177. The summed E-state index contributed by atoms with van der Waals surface area (Å²) in [6, 6.07) is 5.36. The second kappa shape index (κ2) is 5.59. The minimum absolute atomic E-state index is 0.104. The van der Waals surface area contributed by atoms with Gasteiger partial charge in [0.25, 0.3) is 0 Å². The van der Waals surface area contributed by atoms with Crippen molar-refractivity contribution < 1.29 is 13.2 Å². The van der Waals surface area contributed by atoms with Crippen LogP contribution >= 0.6 is 0 Å². The third-order valence-electron chi connectivity index (χ3n) is 4.72. The van der Waals surface area contributed by atoms with Crippen molar-refractivity contribution >= 4 is 5.69 Å². The van der Waals surface area contributed by atoms with E-state index in [4.69, 9.17) is 5.26 Å². The summed E-state index contributed by atoms with van der Waals surface area (Å²) in [6.45, 7) is 5.89. The van der Waals surface area contributed by atoms with Crippen molar-refractivity contribution in [3.63, 3.8) is 0 Å². The fraction of sp³-hybridized carbons (Fsp3) is 0.562. The van der Waals surface area contributed by atoms with E-state index in [9.17, 15) is 13.2 Å². The molecule has 0 saturated carbocycles. The Morgan fingerprint density at radius 2 is 1.95 bits per heavy atom. The molecule has 0 spiro atoms. The van der Waals surface area contributed by atoms with Crippen LogP contribution in [0.15, 0.2) is 18.2 Å². The molecule has 1 heterocycles. The lowest BCUT2D eigenvalue weighted by atomic mass is 9.82. The van der Waals surface area contributed by atoms with E-state index < -0.39 is 11.7 Å². The van der Waals surface area contributed by atoms with Crippen LogP contribution in [0.3, 0.4) is 0 Å². The van der Waals surface area contributed by atoms with Crippen molar-refractivity contribution in [2.75, 3.05) is 18.0 Å². The van der Waals surface area contributed by atoms with Gasteiger partial charge < -0.3 is 4.90 Å². The summed E-state index contributed by atoms with van der Waals surface area (Å²) in [6.07, 6.45) is -1.30. The van der Waals surface area contributed by atoms with Gasteiger partial charge in [0.2, 0.25) is 0 Å². The summed E-state index contributed by atoms with van der Waals surface area (Å²) in [5, 5.41) is 9.17. The lowest BCUT2D eigenvalue weighted by Gasteiger charge is -2.27. The fourth-order valence-electron chi connectivity index (χ4n) is 3.05. The van der Waals surface area contributed by atoms with Crippen LogP contribution in [0.5, 0.6) is 0 Å². The molecule has 1 saturated heterocycles. The Kier molecular flexibility index (Phi) is 4.18. The molecular formula is C16H19F3N2. The van der Waals surface area contributed by atoms with Crippen molar-refractivity contribution in [2.45, 2.75) is 39.3 Å². The molecular weight excluding hydrogens is 277 g/mol. The molecule has 1 aromatic carbocycles. The Morgan fingerprint density at radius 1 is 1.29 bits per heavy atom. The zero-order valence-corrected chi connectivity index (χ0v) is 12.3. The number of hydrogen-bond donors (Lipinski definition) is 0. The van der Waals surface area contributed by atoms with Gasteiger partial charge in [-0.2, -0.15) is 18.4 Å². The molecule has 2 rings (SSSR count). The molecule has 0 aromatic heterocycles. The number of hydrogen-bond acceptors (Lipinski definition) is 2. The molecule has 5 heteroatoms. The first-order valence-corrected chi connectivity index (χ1v) is 7.21. The molecule has 0 unspecified atom stereocenters. The summed E-state index contributed by atoms with van der Waals surface area (Å²) in [7, 11) is 0. The highest BCUT2D eigenvalue weighted by Crippen LogP contribution is 2.40. The van der Waals surface area contributed by atoms with E-state index >= 15 is 0 Å². The minimum atomic E-state index is -4.41. The predicted octanol–water partition coefficient (Wildman–Crippen LogP) is 4.59. The first kappa shape index (κ1) is 15.7. The molecule has 1 fully saturated rings. The molecule has 0 amide bonds. The SMILES string of the molecule is CCC1(CC)CCN(c2ccc(C(F)(F)F)cc2C#N)C1. The highest BCUT2D eigenvalue weighted by molar-refractivity contribution is 5.61. The van der Waals surface area contributed by atoms with Crippen LogP contribution < -0.4 is 4.90 Å². The third-order valence-corrected chi connectivity index (χ3v) is 4.72. The van der Waals surface area contributed by atoms with Gasteiger partial charge in [0.05, 0.1) is 16.8 Å². The van der Waals surface area contributed by atoms with E-state index in [-0.39, 0.29) is 11.0 Å². The van der Waals surface area contributed by atoms with Crippen LogP contribution in [0, 0.1) is 16.7 Å². The lowest BCUT2D eigenvalue weighted by Crippen LogP contribution is -2.26. The number of rotatable bonds is 3. The number of alkyl halides is 3. The van der Waals surface area contributed by atoms with E-state index in [1.807, 2.05) is 11.0 Å². The van der Waals surface area contributed by atoms with E-state index in [0.29, 0.717) is 5.69 Å². The number of nitriles is 1. The van der Waals surface area contributed by atoms with Crippen LogP contribution in [0.25, 0.3) is 0 Å². The maximum atomic E-state index is 12.7. The molecule has 21 heavy (non-hydrogen) atoms. The van der Waals surface area contributed by atoms with Crippen LogP contribution in [0.1, 0.15) is 44.2 Å². The molecule has 2 nitrogen and oxygen atoms in total. The zero-order chi connectivity index (χ0) is 15.7. The maximum Gasteiger partial charge on any atom is 0.416 e. The molecule has 1 aliphatic heterocycles. The number of benzene rings is 1. The van der Waals surface area contributed by atoms with Crippen molar-refractivity contribution in [2.24, 2.45) is 5.41 Å². The molecule has 0 N–H and O–H groups in total. The monoisotopic (exact) mass is 296 g/mol. The highest BCUT2D eigenvalue weighted by atomic mass is 19.4. The van der Waals surface area contributed by atoms with Gasteiger partial charge in [0.1, 0.15) is 6.07 Å². The predicted molar refractivity (Wildman–Crippen MR) is 76.0 cm³/mol. The summed E-state index contributed by atoms with van der Waals surface area (Å²) in [4.78, 5) is 2.05. The van der Waals surface area contributed by atoms with Gasteiger partial charge in [0.15, 0.2) is 0 Å². The van der Waals surface area contributed by atoms with Crippen molar-refractivity contribution in [3.8, 4) is 6.07 Å². The Bertz CT molecular complexity index is 554. The normalized spacial score (nSPS) is 17.8. The van der Waals surface area contributed by atoms with Crippen LogP contribution in [0.2, 0.25) is 0 Å². The quantitative estimate of drug-likeness (QED) is 0.815. The molecule has 1 aromatic rings. The molecule has 0 atom stereocenters. The highest BCUT2D eigenvalue weighted by Gasteiger charge is 2.36. The number of nitrogens with zero attached hydrogens (tertiary/aromatic N) is 2. The average molecular weight is 296 g/mol. The second-order valence-electron chi connectivity index (χ2n) is 5.72. The first-order chi connectivity index (χ1) is 9.85. The Balaban J connectivity index is 2.32. The second-order valence-corrected chi connectivity index (χ2v) is 5.72. The van der Waals surface area contributed by atoms with Crippen LogP contribution in [0.4, 0.5) is 18.9 Å². The smallest absolute Gasteiger partial charge is 0.370 e.